The van der Waals surface area contributed by atoms with Gasteiger partial charge in [-0.05, 0) is 32.9 Å². The van der Waals surface area contributed by atoms with E-state index in [4.69, 9.17) is 5.73 Å². The molecule has 2 N–H and O–H groups in total. The number of hydrogen-bond donors (Lipinski definition) is 1. The van der Waals surface area contributed by atoms with E-state index in [0.717, 1.165) is 12.0 Å². The summed E-state index contributed by atoms with van der Waals surface area (Å²) in [5.41, 5.74) is 6.20. The van der Waals surface area contributed by atoms with Crippen molar-refractivity contribution in [2.24, 2.45) is 5.73 Å². The van der Waals surface area contributed by atoms with Gasteiger partial charge in [0.25, 0.3) is 0 Å². The van der Waals surface area contributed by atoms with Gasteiger partial charge in [-0.3, -0.25) is 0 Å². The van der Waals surface area contributed by atoms with Gasteiger partial charge in [0.2, 0.25) is 0 Å². The lowest BCUT2D eigenvalue weighted by atomic mass is 10.2. The maximum atomic E-state index is 5.06. The van der Waals surface area contributed by atoms with E-state index in [2.05, 4.69) is 45.6 Å². The largest absolute Gasteiger partial charge is 0.405 e. The zero-order valence-corrected chi connectivity index (χ0v) is 14.5. The topological polar surface area (TPSA) is 26.0 Å². The van der Waals surface area contributed by atoms with Crippen molar-refractivity contribution >= 4 is 0 Å². The van der Waals surface area contributed by atoms with Crippen molar-refractivity contribution in [3.8, 4) is 0 Å². The highest BCUT2D eigenvalue weighted by Crippen LogP contribution is 1.93. The van der Waals surface area contributed by atoms with Gasteiger partial charge in [-0.25, -0.2) is 0 Å². The van der Waals surface area contributed by atoms with Gasteiger partial charge >= 0.3 is 0 Å². The van der Waals surface area contributed by atoms with Gasteiger partial charge in [0.05, 0.1) is 0 Å². The predicted molar refractivity (Wildman–Crippen MR) is 96.8 cm³/mol. The molecule has 0 fully saturated rings. The molecular formula is C19H37N. The predicted octanol–water partition coefficient (Wildman–Crippen LogP) is 6.54. The van der Waals surface area contributed by atoms with Crippen LogP contribution in [0, 0.1) is 0 Å². The van der Waals surface area contributed by atoms with Crippen molar-refractivity contribution in [2.75, 3.05) is 0 Å². The van der Waals surface area contributed by atoms with E-state index in [0.29, 0.717) is 0 Å². The molecule has 0 aromatic rings. The smallest absolute Gasteiger partial charge is 0.00998 e. The van der Waals surface area contributed by atoms with E-state index in [9.17, 15) is 0 Å². The molecule has 0 saturated heterocycles. The lowest BCUT2D eigenvalue weighted by molar-refractivity contribution is 0.772. The minimum atomic E-state index is 0.899. The summed E-state index contributed by atoms with van der Waals surface area (Å²) in [6.07, 6.45) is 19.2. The molecule has 1 nitrogen and oxygen atoms in total. The fourth-order valence-electron chi connectivity index (χ4n) is 1.08. The highest BCUT2D eigenvalue weighted by Gasteiger charge is 1.73. The average Bonchev–Trinajstić information content (AvgIpc) is 2.44. The fraction of sp³-hybridized carbons (Fsp3) is 0.579. The van der Waals surface area contributed by atoms with Gasteiger partial charge in [-0.15, -0.1) is 0 Å². The van der Waals surface area contributed by atoms with Crippen LogP contribution >= 0.6 is 0 Å². The zero-order valence-electron chi connectivity index (χ0n) is 14.5. The first kappa shape index (κ1) is 23.8. The molecule has 0 aliphatic rings. The molecular weight excluding hydrogens is 242 g/mol. The molecule has 0 atom stereocenters. The van der Waals surface area contributed by atoms with E-state index < -0.39 is 0 Å². The van der Waals surface area contributed by atoms with Gasteiger partial charge in [0.15, 0.2) is 0 Å². The zero-order chi connectivity index (χ0) is 16.1. The standard InChI is InChI=1S/C8H14.C6H11N.C5H12/c1-3-5-7-8-6-4-2;1-6(2)4-3-5-7;1-3-5-4-2/h3,5,7-8H,4,6H2,1-2H3;3,5H,1,4,7H2,2H3;3-5H2,1-2H3/b5-3+,8-7-;5-3-;. The molecule has 20 heavy (non-hydrogen) atoms. The van der Waals surface area contributed by atoms with Crippen LogP contribution in [0.5, 0.6) is 0 Å². The Morgan fingerprint density at radius 3 is 1.85 bits per heavy atom. The lowest BCUT2D eigenvalue weighted by Crippen LogP contribution is -1.75. The van der Waals surface area contributed by atoms with Crippen LogP contribution in [-0.2, 0) is 0 Å². The van der Waals surface area contributed by atoms with Crippen molar-refractivity contribution in [2.45, 2.75) is 73.1 Å². The second-order valence-electron chi connectivity index (χ2n) is 4.69. The van der Waals surface area contributed by atoms with Crippen LogP contribution < -0.4 is 5.73 Å². The number of hydrogen-bond acceptors (Lipinski definition) is 1. The van der Waals surface area contributed by atoms with Crippen LogP contribution in [0.4, 0.5) is 0 Å². The van der Waals surface area contributed by atoms with E-state index in [-0.39, 0.29) is 0 Å². The minimum absolute atomic E-state index is 0.899. The molecule has 0 saturated carbocycles. The lowest BCUT2D eigenvalue weighted by Gasteiger charge is -1.84. The van der Waals surface area contributed by atoms with Crippen molar-refractivity contribution < 1.29 is 0 Å². The van der Waals surface area contributed by atoms with E-state index in [1.165, 1.54) is 38.3 Å². The number of allylic oxidation sites excluding steroid dienone is 6. The maximum Gasteiger partial charge on any atom is -0.00998 e. The van der Waals surface area contributed by atoms with Crippen LogP contribution in [0.2, 0.25) is 0 Å². The Morgan fingerprint density at radius 1 is 1.00 bits per heavy atom. The molecule has 0 aromatic heterocycles. The fourth-order valence-corrected chi connectivity index (χ4v) is 1.08. The van der Waals surface area contributed by atoms with Crippen LogP contribution in [0.3, 0.4) is 0 Å². The van der Waals surface area contributed by atoms with Gasteiger partial charge in [-0.2, -0.15) is 0 Å². The third-order valence-corrected chi connectivity index (χ3v) is 2.20. The quantitative estimate of drug-likeness (QED) is 0.415. The van der Waals surface area contributed by atoms with Gasteiger partial charge < -0.3 is 5.73 Å². The molecule has 0 radical (unpaired) electrons. The Bertz CT molecular complexity index is 244. The van der Waals surface area contributed by atoms with Gasteiger partial charge in [0, 0.05) is 0 Å². The second kappa shape index (κ2) is 26.3. The summed E-state index contributed by atoms with van der Waals surface area (Å²) in [5.74, 6) is 0. The number of nitrogens with two attached hydrogens (primary N) is 1. The van der Waals surface area contributed by atoms with E-state index in [1.54, 1.807) is 0 Å². The van der Waals surface area contributed by atoms with Gasteiger partial charge in [0.1, 0.15) is 0 Å². The Kier molecular flexibility index (Phi) is 31.4. The third-order valence-electron chi connectivity index (χ3n) is 2.20. The summed E-state index contributed by atoms with van der Waals surface area (Å²) in [7, 11) is 0. The SMILES string of the molecule is C/C=C/C=C\CCC.C=C(C)C/C=C\N.CCCCC. The Morgan fingerprint density at radius 2 is 1.60 bits per heavy atom. The van der Waals surface area contributed by atoms with Crippen LogP contribution in [-0.4, -0.2) is 0 Å². The molecule has 118 valence electrons. The molecule has 0 unspecified atom stereocenters. The van der Waals surface area contributed by atoms with E-state index >= 15 is 0 Å². The maximum absolute atomic E-state index is 5.06. The van der Waals surface area contributed by atoms with E-state index in [1.807, 2.05) is 26.0 Å². The Balaban J connectivity index is -0.000000223. The Hall–Kier alpha value is -1.24. The highest BCUT2D eigenvalue weighted by molar-refractivity contribution is 5.00. The molecule has 0 amide bonds. The first-order valence-corrected chi connectivity index (χ1v) is 7.89. The van der Waals surface area contributed by atoms with Crippen molar-refractivity contribution in [1.82, 2.24) is 0 Å². The Labute approximate surface area is 128 Å². The van der Waals surface area contributed by atoms with Gasteiger partial charge in [-0.1, -0.05) is 89.0 Å². The third kappa shape index (κ3) is 43.7. The van der Waals surface area contributed by atoms with Crippen molar-refractivity contribution in [3.63, 3.8) is 0 Å². The highest BCUT2D eigenvalue weighted by atomic mass is 14.5. The average molecular weight is 280 g/mol. The number of rotatable bonds is 7. The van der Waals surface area contributed by atoms with Crippen molar-refractivity contribution in [3.05, 3.63) is 48.7 Å². The molecule has 0 rings (SSSR count). The summed E-state index contributed by atoms with van der Waals surface area (Å²) >= 11 is 0. The molecule has 1 heteroatoms. The summed E-state index contributed by atoms with van der Waals surface area (Å²) in [4.78, 5) is 0. The molecule has 0 heterocycles. The minimum Gasteiger partial charge on any atom is -0.405 e. The normalized spacial score (nSPS) is 10.2. The molecule has 0 aliphatic carbocycles. The van der Waals surface area contributed by atoms with Crippen molar-refractivity contribution in [1.29, 1.82) is 0 Å². The summed E-state index contributed by atoms with van der Waals surface area (Å²) < 4.78 is 0. The molecule has 0 aromatic carbocycles. The molecule has 0 aliphatic heterocycles. The van der Waals surface area contributed by atoms with Crippen LogP contribution in [0.15, 0.2) is 48.7 Å². The van der Waals surface area contributed by atoms with Crippen LogP contribution in [0.25, 0.3) is 0 Å². The summed E-state index contributed by atoms with van der Waals surface area (Å²) in [6, 6.07) is 0. The number of unbranched alkanes of at least 4 members (excludes halogenated alkanes) is 3. The summed E-state index contributed by atoms with van der Waals surface area (Å²) in [6.45, 7) is 14.3. The molecule has 0 bridgehead atoms. The second-order valence-corrected chi connectivity index (χ2v) is 4.69. The summed E-state index contributed by atoms with van der Waals surface area (Å²) in [5, 5.41) is 0. The van der Waals surface area contributed by atoms with Crippen LogP contribution in [0.1, 0.15) is 73.1 Å². The first-order valence-electron chi connectivity index (χ1n) is 7.89. The first-order chi connectivity index (χ1) is 9.60. The molecule has 0 spiro atoms. The monoisotopic (exact) mass is 279 g/mol.